The molecule has 0 saturated carbocycles. The monoisotopic (exact) mass is 363 g/mol. The van der Waals surface area contributed by atoms with E-state index in [0.717, 1.165) is 16.8 Å². The van der Waals surface area contributed by atoms with Gasteiger partial charge in [-0.2, -0.15) is 0 Å². The van der Waals surface area contributed by atoms with Gasteiger partial charge in [0.2, 0.25) is 0 Å². The van der Waals surface area contributed by atoms with Crippen molar-refractivity contribution < 1.29 is 23.6 Å². The zero-order valence-corrected chi connectivity index (χ0v) is 14.7. The zero-order valence-electron chi connectivity index (χ0n) is 14.7. The molecule has 4 rings (SSSR count). The lowest BCUT2D eigenvalue weighted by molar-refractivity contribution is 0.0250. The van der Waals surface area contributed by atoms with Gasteiger partial charge in [-0.25, -0.2) is 9.59 Å². The summed E-state index contributed by atoms with van der Waals surface area (Å²) in [6, 6.07) is 16.1. The molecule has 6 heteroatoms. The van der Waals surface area contributed by atoms with Crippen molar-refractivity contribution in [1.29, 1.82) is 0 Å². The molecule has 1 atom stereocenters. The van der Waals surface area contributed by atoms with E-state index in [1.165, 1.54) is 0 Å². The molecule has 2 heterocycles. The standard InChI is InChI=1S/C21H17NO5/c1-13-9-17(27-22-13)12-25-20(23)15-7-8-18-16(10-15)11-19(26-21(18)24)14-5-3-2-4-6-14/h2-10,19H,11-12H2,1H3. The number of carbonyl (C=O) groups excluding carboxylic acids is 2. The van der Waals surface area contributed by atoms with Crippen LogP contribution in [-0.4, -0.2) is 17.1 Å². The predicted molar refractivity (Wildman–Crippen MR) is 95.1 cm³/mol. The van der Waals surface area contributed by atoms with Gasteiger partial charge in [-0.3, -0.25) is 0 Å². The third-order valence-corrected chi connectivity index (χ3v) is 4.41. The number of esters is 2. The summed E-state index contributed by atoms with van der Waals surface area (Å²) in [5.74, 6) is -0.393. The Hall–Kier alpha value is -3.41. The van der Waals surface area contributed by atoms with E-state index in [1.54, 1.807) is 31.2 Å². The Balaban J connectivity index is 1.52. The van der Waals surface area contributed by atoms with Gasteiger partial charge in [0.15, 0.2) is 12.4 Å². The quantitative estimate of drug-likeness (QED) is 0.656. The van der Waals surface area contributed by atoms with Gasteiger partial charge < -0.3 is 14.0 Å². The van der Waals surface area contributed by atoms with Crippen LogP contribution in [-0.2, 0) is 22.5 Å². The number of hydrogen-bond donors (Lipinski definition) is 0. The molecule has 0 saturated heterocycles. The van der Waals surface area contributed by atoms with Gasteiger partial charge >= 0.3 is 11.9 Å². The highest BCUT2D eigenvalue weighted by molar-refractivity contribution is 5.95. The molecular weight excluding hydrogens is 346 g/mol. The average Bonchev–Trinajstić information content (AvgIpc) is 3.11. The summed E-state index contributed by atoms with van der Waals surface area (Å²) in [7, 11) is 0. The third kappa shape index (κ3) is 3.60. The Morgan fingerprint density at radius 3 is 2.74 bits per heavy atom. The molecule has 0 bridgehead atoms. The second-order valence-electron chi connectivity index (χ2n) is 6.39. The number of fused-ring (bicyclic) bond motifs is 1. The Morgan fingerprint density at radius 1 is 1.19 bits per heavy atom. The van der Waals surface area contributed by atoms with Crippen LogP contribution in [0.3, 0.4) is 0 Å². The molecule has 1 unspecified atom stereocenters. The number of benzene rings is 2. The third-order valence-electron chi connectivity index (χ3n) is 4.41. The van der Waals surface area contributed by atoms with Crippen LogP contribution in [0, 0.1) is 6.92 Å². The summed E-state index contributed by atoms with van der Waals surface area (Å²) in [5.41, 5.74) is 3.27. The number of rotatable bonds is 4. The second kappa shape index (κ2) is 7.07. The number of ether oxygens (including phenoxy) is 2. The molecule has 2 aromatic carbocycles. The molecule has 0 radical (unpaired) electrons. The number of nitrogens with zero attached hydrogens (tertiary/aromatic N) is 1. The van der Waals surface area contributed by atoms with Gasteiger partial charge in [0.25, 0.3) is 0 Å². The Kier molecular flexibility index (Phi) is 4.46. The molecule has 0 aliphatic carbocycles. The fourth-order valence-electron chi connectivity index (χ4n) is 3.08. The summed E-state index contributed by atoms with van der Waals surface area (Å²) >= 11 is 0. The lowest BCUT2D eigenvalue weighted by atomic mass is 9.93. The minimum absolute atomic E-state index is 0.00540. The van der Waals surface area contributed by atoms with Crippen molar-refractivity contribution in [2.24, 2.45) is 0 Å². The van der Waals surface area contributed by atoms with Crippen LogP contribution in [0.15, 0.2) is 59.1 Å². The highest BCUT2D eigenvalue weighted by Gasteiger charge is 2.28. The van der Waals surface area contributed by atoms with Crippen LogP contribution in [0.25, 0.3) is 0 Å². The van der Waals surface area contributed by atoms with Crippen LogP contribution in [0.1, 0.15) is 49.4 Å². The van der Waals surface area contributed by atoms with Gasteiger partial charge in [-0.15, -0.1) is 0 Å². The summed E-state index contributed by atoms with van der Waals surface area (Å²) in [4.78, 5) is 24.6. The molecule has 27 heavy (non-hydrogen) atoms. The van der Waals surface area contributed by atoms with E-state index in [1.807, 2.05) is 30.3 Å². The van der Waals surface area contributed by atoms with E-state index in [-0.39, 0.29) is 18.7 Å². The summed E-state index contributed by atoms with van der Waals surface area (Å²) in [5, 5.41) is 3.75. The van der Waals surface area contributed by atoms with Crippen LogP contribution in [0.5, 0.6) is 0 Å². The van der Waals surface area contributed by atoms with E-state index in [2.05, 4.69) is 5.16 Å². The lowest BCUT2D eigenvalue weighted by Gasteiger charge is -2.25. The van der Waals surface area contributed by atoms with Crippen LogP contribution in [0.2, 0.25) is 0 Å². The number of aromatic nitrogens is 1. The summed E-state index contributed by atoms with van der Waals surface area (Å²) in [6.45, 7) is 1.80. The van der Waals surface area contributed by atoms with Crippen LogP contribution >= 0.6 is 0 Å². The van der Waals surface area contributed by atoms with Gasteiger partial charge in [0, 0.05) is 12.5 Å². The molecule has 3 aromatic rings. The van der Waals surface area contributed by atoms with Gasteiger partial charge in [-0.05, 0) is 36.2 Å². The van der Waals surface area contributed by atoms with Crippen molar-refractivity contribution in [3.05, 3.63) is 88.3 Å². The summed E-state index contributed by atoms with van der Waals surface area (Å²) < 4.78 is 15.8. The van der Waals surface area contributed by atoms with Crippen molar-refractivity contribution in [2.45, 2.75) is 26.1 Å². The average molecular weight is 363 g/mol. The van der Waals surface area contributed by atoms with Crippen molar-refractivity contribution in [1.82, 2.24) is 5.16 Å². The van der Waals surface area contributed by atoms with E-state index >= 15 is 0 Å². The van der Waals surface area contributed by atoms with Crippen molar-refractivity contribution in [3.63, 3.8) is 0 Å². The second-order valence-corrected chi connectivity index (χ2v) is 6.39. The molecule has 1 aliphatic rings. The topological polar surface area (TPSA) is 78.6 Å². The first-order valence-corrected chi connectivity index (χ1v) is 8.58. The number of carbonyl (C=O) groups is 2. The number of hydrogen-bond acceptors (Lipinski definition) is 6. The molecule has 0 fully saturated rings. The molecule has 0 amide bonds. The first-order chi connectivity index (χ1) is 13.1. The van der Waals surface area contributed by atoms with Crippen LogP contribution in [0.4, 0.5) is 0 Å². The largest absolute Gasteiger partial charge is 0.454 e. The molecule has 0 N–H and O–H groups in total. The molecule has 1 aromatic heterocycles. The first-order valence-electron chi connectivity index (χ1n) is 8.58. The predicted octanol–water partition coefficient (Wildman–Crippen LogP) is 3.79. The highest BCUT2D eigenvalue weighted by atomic mass is 16.6. The minimum atomic E-state index is -0.484. The zero-order chi connectivity index (χ0) is 18.8. The van der Waals surface area contributed by atoms with Gasteiger partial charge in [-0.1, -0.05) is 35.5 Å². The maximum Gasteiger partial charge on any atom is 0.339 e. The molecule has 6 nitrogen and oxygen atoms in total. The maximum absolute atomic E-state index is 12.3. The van der Waals surface area contributed by atoms with E-state index in [9.17, 15) is 9.59 Å². The van der Waals surface area contributed by atoms with E-state index in [0.29, 0.717) is 23.3 Å². The van der Waals surface area contributed by atoms with Crippen molar-refractivity contribution >= 4 is 11.9 Å². The number of cyclic esters (lactones) is 1. The first kappa shape index (κ1) is 17.0. The summed E-state index contributed by atoms with van der Waals surface area (Å²) in [6.07, 6.45) is 0.141. The Bertz CT molecular complexity index is 993. The van der Waals surface area contributed by atoms with E-state index < -0.39 is 5.97 Å². The van der Waals surface area contributed by atoms with Crippen molar-refractivity contribution in [2.75, 3.05) is 0 Å². The molecule has 136 valence electrons. The smallest absolute Gasteiger partial charge is 0.339 e. The van der Waals surface area contributed by atoms with Crippen molar-refractivity contribution in [3.8, 4) is 0 Å². The minimum Gasteiger partial charge on any atom is -0.454 e. The fourth-order valence-corrected chi connectivity index (χ4v) is 3.08. The normalized spacial score (nSPS) is 15.7. The van der Waals surface area contributed by atoms with Crippen LogP contribution < -0.4 is 0 Å². The Morgan fingerprint density at radius 2 is 2.00 bits per heavy atom. The van der Waals surface area contributed by atoms with Gasteiger partial charge in [0.1, 0.15) is 6.10 Å². The van der Waals surface area contributed by atoms with Gasteiger partial charge in [0.05, 0.1) is 16.8 Å². The SMILES string of the molecule is Cc1cc(COC(=O)c2ccc3c(c2)CC(c2ccccc2)OC3=O)on1. The van der Waals surface area contributed by atoms with E-state index in [4.69, 9.17) is 14.0 Å². The molecular formula is C21H17NO5. The highest BCUT2D eigenvalue weighted by Crippen LogP contribution is 2.31. The Labute approximate surface area is 155 Å². The maximum atomic E-state index is 12.3. The molecule has 0 spiro atoms. The molecule has 1 aliphatic heterocycles. The lowest BCUT2D eigenvalue weighted by Crippen LogP contribution is -2.22. The fraction of sp³-hybridized carbons (Fsp3) is 0.190. The number of aryl methyl sites for hydroxylation is 1.